The number of rotatable bonds is 8. The number of ether oxygens (including phenoxy) is 1. The van der Waals surface area contributed by atoms with E-state index in [-0.39, 0.29) is 0 Å². The normalized spacial score (nSPS) is 28.1. The van der Waals surface area contributed by atoms with Gasteiger partial charge in [0.25, 0.3) is 0 Å². The number of anilines is 1. The van der Waals surface area contributed by atoms with E-state index < -0.39 is 54.6 Å². The average molecular weight is 561 g/mol. The molecule has 194 valence electrons. The second kappa shape index (κ2) is 9.00. The first-order valence-electron chi connectivity index (χ1n) is 9.45. The van der Waals surface area contributed by atoms with Gasteiger partial charge in [-0.2, -0.15) is 13.6 Å². The zero-order valence-corrected chi connectivity index (χ0v) is 20.4. The molecular formula is C13H20N6O13P3+. The molecule has 0 radical (unpaired) electrons. The highest BCUT2D eigenvalue weighted by Gasteiger charge is 2.49. The van der Waals surface area contributed by atoms with E-state index >= 15 is 0 Å². The van der Waals surface area contributed by atoms with Crippen LogP contribution in [-0.4, -0.2) is 82.1 Å². The lowest BCUT2D eigenvalue weighted by Gasteiger charge is -2.18. The molecule has 4 rings (SSSR count). The van der Waals surface area contributed by atoms with Crippen molar-refractivity contribution in [3.05, 3.63) is 12.7 Å². The van der Waals surface area contributed by atoms with Crippen LogP contribution in [0.15, 0.2) is 17.8 Å². The van der Waals surface area contributed by atoms with Crippen LogP contribution in [0.25, 0.3) is 11.2 Å². The van der Waals surface area contributed by atoms with Gasteiger partial charge in [-0.1, -0.05) is 4.98 Å². The Bertz CT molecular complexity index is 1330. The average Bonchev–Trinajstić information content (AvgIpc) is 3.21. The summed E-state index contributed by atoms with van der Waals surface area (Å²) in [5.41, 5.74) is 0.838. The Hall–Kier alpha value is -1.69. The largest absolute Gasteiger partial charge is 0.490 e. The molecule has 0 aromatic carbocycles. The van der Waals surface area contributed by atoms with Gasteiger partial charge < -0.3 is 34.5 Å². The van der Waals surface area contributed by atoms with E-state index in [9.17, 15) is 33.7 Å². The number of phosphoric ester groups is 1. The number of hydrazone groups is 1. The minimum absolute atomic E-state index is 0.306. The molecule has 22 heteroatoms. The van der Waals surface area contributed by atoms with Crippen LogP contribution in [0.3, 0.4) is 0 Å². The van der Waals surface area contributed by atoms with E-state index in [1.54, 1.807) is 18.5 Å². The Labute approximate surface area is 195 Å². The number of nitrogens with zero attached hydrogens (tertiary/aromatic N) is 6. The SMILES string of the molecule is CC1=NN(C)c2ncnc3c2n1c[n+]3C1OC(COP(=O)(O)OP(=O)(O)OP(=O)(O)O)C(O)C1O. The van der Waals surface area contributed by atoms with Gasteiger partial charge in [-0.05, 0) is 0 Å². The molecule has 2 aromatic rings. The zero-order valence-electron chi connectivity index (χ0n) is 17.7. The Morgan fingerprint density at radius 3 is 2.43 bits per heavy atom. The van der Waals surface area contributed by atoms with Gasteiger partial charge in [0.15, 0.2) is 24.3 Å². The van der Waals surface area contributed by atoms with Crippen molar-refractivity contribution in [2.75, 3.05) is 18.7 Å². The zero-order chi connectivity index (χ0) is 25.9. The smallest absolute Gasteiger partial charge is 0.387 e. The van der Waals surface area contributed by atoms with Gasteiger partial charge in [0, 0.05) is 14.0 Å². The van der Waals surface area contributed by atoms with E-state index in [0.29, 0.717) is 22.8 Å². The second-order valence-electron chi connectivity index (χ2n) is 7.37. The lowest BCUT2D eigenvalue weighted by atomic mass is 10.1. The lowest BCUT2D eigenvalue weighted by molar-refractivity contribution is -0.745. The first-order valence-corrected chi connectivity index (χ1v) is 14.0. The van der Waals surface area contributed by atoms with Crippen LogP contribution < -0.4 is 9.58 Å². The number of hydrogen-bond acceptors (Lipinski definition) is 13. The molecule has 6 unspecified atom stereocenters. The molecule has 2 aromatic heterocycles. The highest BCUT2D eigenvalue weighted by molar-refractivity contribution is 7.66. The third-order valence-electron chi connectivity index (χ3n) is 4.89. The molecule has 2 aliphatic heterocycles. The summed E-state index contributed by atoms with van der Waals surface area (Å²) < 4.78 is 54.4. The predicted molar refractivity (Wildman–Crippen MR) is 110 cm³/mol. The predicted octanol–water partition coefficient (Wildman–Crippen LogP) is -1.69. The molecule has 4 heterocycles. The minimum atomic E-state index is -5.71. The second-order valence-corrected chi connectivity index (χ2v) is 11.8. The summed E-state index contributed by atoms with van der Waals surface area (Å²) in [6, 6.07) is 0. The van der Waals surface area contributed by atoms with E-state index in [1.807, 2.05) is 0 Å². The molecule has 0 amide bonds. The van der Waals surface area contributed by atoms with Gasteiger partial charge in [-0.25, -0.2) is 27.8 Å². The van der Waals surface area contributed by atoms with Crippen LogP contribution in [-0.2, 0) is 31.6 Å². The van der Waals surface area contributed by atoms with Crippen LogP contribution in [0.4, 0.5) is 5.82 Å². The summed E-state index contributed by atoms with van der Waals surface area (Å²) in [6.45, 7) is 0.767. The minimum Gasteiger partial charge on any atom is -0.387 e. The van der Waals surface area contributed by atoms with Crippen LogP contribution in [0, 0.1) is 0 Å². The van der Waals surface area contributed by atoms with Gasteiger partial charge in [0.2, 0.25) is 11.7 Å². The number of aromatic nitrogens is 4. The number of hydrogen-bond donors (Lipinski definition) is 6. The van der Waals surface area contributed by atoms with Crippen molar-refractivity contribution in [1.82, 2.24) is 14.5 Å². The molecule has 0 aliphatic carbocycles. The third kappa shape index (κ3) is 5.38. The van der Waals surface area contributed by atoms with E-state index in [2.05, 4.69) is 28.2 Å². The fraction of sp³-hybridized carbons (Fsp3) is 0.538. The van der Waals surface area contributed by atoms with E-state index in [4.69, 9.17) is 14.5 Å². The van der Waals surface area contributed by atoms with Crippen molar-refractivity contribution in [3.8, 4) is 0 Å². The maximum Gasteiger partial charge on any atom is 0.490 e. The quantitative estimate of drug-likeness (QED) is 0.155. The van der Waals surface area contributed by atoms with Gasteiger partial charge in [-0.15, -0.1) is 5.10 Å². The maximum atomic E-state index is 11.9. The molecule has 0 saturated carbocycles. The maximum absolute atomic E-state index is 11.9. The van der Waals surface area contributed by atoms with Crippen molar-refractivity contribution >= 4 is 46.3 Å². The van der Waals surface area contributed by atoms with Crippen LogP contribution in [0.5, 0.6) is 0 Å². The highest BCUT2D eigenvalue weighted by Crippen LogP contribution is 2.66. The molecule has 0 bridgehead atoms. The standard InChI is InChI=1S/C13H19N6O13P3/c1-6-16-17(2)11-8-12(15-4-14-11)19(5-18(6)8)13-10(21)9(20)7(30-13)3-29-34(25,26)32-35(27,28)31-33(22,23)24/h4-5,7,9-10,13,20-21H,3H2,1-2H3,(H3-,22,23,24,25,26,27,28)/p+1. The van der Waals surface area contributed by atoms with Gasteiger partial charge >= 0.3 is 29.1 Å². The van der Waals surface area contributed by atoms with Gasteiger partial charge in [-0.3, -0.25) is 4.52 Å². The number of aliphatic hydroxyl groups is 2. The fourth-order valence-corrected chi connectivity index (χ4v) is 6.58. The first-order chi connectivity index (χ1) is 16.1. The van der Waals surface area contributed by atoms with Crippen LogP contribution in [0.2, 0.25) is 0 Å². The fourth-order valence-electron chi connectivity index (χ4n) is 3.55. The molecule has 0 spiro atoms. The molecule has 6 N–H and O–H groups in total. The van der Waals surface area contributed by atoms with Gasteiger partial charge in [0.05, 0.1) is 6.61 Å². The van der Waals surface area contributed by atoms with Gasteiger partial charge in [0.1, 0.15) is 18.3 Å². The topological polar surface area (TPSA) is 260 Å². The first kappa shape index (κ1) is 26.4. The summed E-state index contributed by atoms with van der Waals surface area (Å²) >= 11 is 0. The van der Waals surface area contributed by atoms with Crippen molar-refractivity contribution in [1.29, 1.82) is 0 Å². The van der Waals surface area contributed by atoms with Crippen molar-refractivity contribution in [3.63, 3.8) is 0 Å². The highest BCUT2D eigenvalue weighted by atomic mass is 31.3. The van der Waals surface area contributed by atoms with E-state index in [0.717, 1.165) is 0 Å². The lowest BCUT2D eigenvalue weighted by Crippen LogP contribution is -2.46. The molecule has 6 atom stereocenters. The van der Waals surface area contributed by atoms with E-state index in [1.165, 1.54) is 22.2 Å². The summed E-state index contributed by atoms with van der Waals surface area (Å²) in [7, 11) is -15.0. The molecule has 35 heavy (non-hydrogen) atoms. The molecule has 2 aliphatic rings. The third-order valence-corrected chi connectivity index (χ3v) is 8.69. The number of imidazole rings is 1. The molecule has 1 fully saturated rings. The number of aliphatic hydroxyl groups excluding tert-OH is 2. The van der Waals surface area contributed by atoms with Crippen molar-refractivity contribution in [2.45, 2.75) is 31.5 Å². The van der Waals surface area contributed by atoms with Crippen LogP contribution >= 0.6 is 23.5 Å². The summed E-state index contributed by atoms with van der Waals surface area (Å²) in [4.78, 5) is 44.3. The molecular weight excluding hydrogens is 541 g/mol. The Morgan fingerprint density at radius 1 is 1.09 bits per heavy atom. The molecule has 19 nitrogen and oxygen atoms in total. The Morgan fingerprint density at radius 2 is 1.77 bits per heavy atom. The number of phosphoric acid groups is 3. The monoisotopic (exact) mass is 561 g/mol. The van der Waals surface area contributed by atoms with Crippen molar-refractivity contribution in [2.24, 2.45) is 5.10 Å². The summed E-state index contributed by atoms with van der Waals surface area (Å²) in [5, 5.41) is 26.8. The Balaban J connectivity index is 1.52. The Kier molecular flexibility index (Phi) is 6.79. The summed E-state index contributed by atoms with van der Waals surface area (Å²) in [5.74, 6) is 0.993. The molecule has 1 saturated heterocycles. The summed E-state index contributed by atoms with van der Waals surface area (Å²) in [6.07, 6.45) is -3.20. The van der Waals surface area contributed by atoms with Crippen molar-refractivity contribution < 1.29 is 65.9 Å². The van der Waals surface area contributed by atoms with Crippen LogP contribution in [0.1, 0.15) is 13.2 Å².